The maximum Gasteiger partial charge on any atom is 0.336 e. The molecule has 178 valence electrons. The number of nitrogens with zero attached hydrogens (tertiary/aromatic N) is 3. The minimum atomic E-state index is -0.190. The molecule has 0 saturated carbocycles. The van der Waals surface area contributed by atoms with Gasteiger partial charge in [-0.15, -0.1) is 5.10 Å². The van der Waals surface area contributed by atoms with Crippen molar-refractivity contribution in [2.24, 2.45) is 5.92 Å². The third kappa shape index (κ3) is 5.14. The van der Waals surface area contributed by atoms with Crippen molar-refractivity contribution in [1.82, 2.24) is 14.8 Å². The van der Waals surface area contributed by atoms with E-state index in [1.54, 1.807) is 16.8 Å². The number of nitrogens with one attached hydrogen (secondary N) is 1. The van der Waals surface area contributed by atoms with Crippen LogP contribution in [-0.4, -0.2) is 34.1 Å². The van der Waals surface area contributed by atoms with Crippen molar-refractivity contribution < 1.29 is 19.0 Å². The van der Waals surface area contributed by atoms with Gasteiger partial charge in [-0.25, -0.2) is 4.68 Å². The molecule has 1 aliphatic rings. The predicted octanol–water partition coefficient (Wildman–Crippen LogP) is 5.71. The number of amides is 1. The highest BCUT2D eigenvalue weighted by Crippen LogP contribution is 2.36. The first kappa shape index (κ1) is 22.9. The van der Waals surface area contributed by atoms with Gasteiger partial charge >= 0.3 is 6.01 Å². The molecule has 0 atom stereocenters. The van der Waals surface area contributed by atoms with E-state index in [0.29, 0.717) is 47.1 Å². The summed E-state index contributed by atoms with van der Waals surface area (Å²) >= 11 is 3.39. The van der Waals surface area contributed by atoms with Gasteiger partial charge in [0.1, 0.15) is 0 Å². The number of hydrogen-bond donors (Lipinski definition) is 1. The lowest BCUT2D eigenvalue weighted by Gasteiger charge is -2.09. The van der Waals surface area contributed by atoms with Crippen molar-refractivity contribution in [3.8, 4) is 34.6 Å². The molecule has 0 radical (unpaired) electrons. The monoisotopic (exact) mass is 534 g/mol. The van der Waals surface area contributed by atoms with E-state index in [1.807, 2.05) is 54.6 Å². The molecule has 1 aromatic heterocycles. The molecule has 8 nitrogen and oxygen atoms in total. The lowest BCUT2D eigenvalue weighted by Crippen LogP contribution is -2.11. The molecule has 0 fully saturated rings. The highest BCUT2D eigenvalue weighted by Gasteiger charge is 2.20. The first-order valence-electron chi connectivity index (χ1n) is 11.1. The second-order valence-electron chi connectivity index (χ2n) is 8.41. The Labute approximate surface area is 211 Å². The normalized spacial score (nSPS) is 12.1. The molecule has 4 aromatic rings. The summed E-state index contributed by atoms with van der Waals surface area (Å²) in [5.41, 5.74) is 2.81. The van der Waals surface area contributed by atoms with E-state index in [-0.39, 0.29) is 12.7 Å². The molecule has 0 unspecified atom stereocenters. The molecule has 0 bridgehead atoms. The third-order valence-electron chi connectivity index (χ3n) is 5.22. The van der Waals surface area contributed by atoms with Crippen LogP contribution < -0.4 is 19.5 Å². The molecule has 3 aromatic carbocycles. The lowest BCUT2D eigenvalue weighted by molar-refractivity contribution is 0.102. The van der Waals surface area contributed by atoms with Gasteiger partial charge in [0.2, 0.25) is 6.79 Å². The summed E-state index contributed by atoms with van der Waals surface area (Å²) in [6, 6.07) is 20.6. The molecule has 0 saturated heterocycles. The highest BCUT2D eigenvalue weighted by molar-refractivity contribution is 9.10. The fraction of sp³-hybridized carbons (Fsp3) is 0.192. The Hall–Kier alpha value is -3.85. The summed E-state index contributed by atoms with van der Waals surface area (Å²) in [6.45, 7) is 4.83. The SMILES string of the molecule is CC(C)COc1nc(-c2ccc3c(c2)OCO3)n(-c2ccc(NC(=O)c3cccc(Br)c3)cc2)n1. The van der Waals surface area contributed by atoms with Crippen LogP contribution in [0.2, 0.25) is 0 Å². The molecule has 1 amide bonds. The molecule has 35 heavy (non-hydrogen) atoms. The van der Waals surface area contributed by atoms with Crippen LogP contribution in [0, 0.1) is 5.92 Å². The summed E-state index contributed by atoms with van der Waals surface area (Å²) < 4.78 is 19.3. The van der Waals surface area contributed by atoms with Crippen molar-refractivity contribution >= 4 is 27.5 Å². The minimum Gasteiger partial charge on any atom is -0.462 e. The maximum atomic E-state index is 12.6. The number of aromatic nitrogens is 3. The van der Waals surface area contributed by atoms with Gasteiger partial charge in [0, 0.05) is 21.3 Å². The Kier molecular flexibility index (Phi) is 6.41. The number of ether oxygens (including phenoxy) is 3. The summed E-state index contributed by atoms with van der Waals surface area (Å²) in [7, 11) is 0. The van der Waals surface area contributed by atoms with Crippen LogP contribution in [0.15, 0.2) is 71.2 Å². The van der Waals surface area contributed by atoms with Gasteiger partial charge in [-0.3, -0.25) is 4.79 Å². The maximum absolute atomic E-state index is 12.6. The number of carbonyl (C=O) groups is 1. The van der Waals surface area contributed by atoms with E-state index in [0.717, 1.165) is 15.7 Å². The van der Waals surface area contributed by atoms with Crippen LogP contribution in [0.1, 0.15) is 24.2 Å². The second-order valence-corrected chi connectivity index (χ2v) is 9.33. The zero-order chi connectivity index (χ0) is 24.4. The highest BCUT2D eigenvalue weighted by atomic mass is 79.9. The van der Waals surface area contributed by atoms with Crippen molar-refractivity contribution in [2.45, 2.75) is 13.8 Å². The fourth-order valence-electron chi connectivity index (χ4n) is 3.52. The van der Waals surface area contributed by atoms with Gasteiger partial charge in [0.15, 0.2) is 17.3 Å². The quantitative estimate of drug-likeness (QED) is 0.326. The first-order chi connectivity index (χ1) is 17.0. The average molecular weight is 535 g/mol. The molecule has 5 rings (SSSR count). The van der Waals surface area contributed by atoms with Crippen LogP contribution >= 0.6 is 15.9 Å². The van der Waals surface area contributed by atoms with E-state index in [1.165, 1.54) is 0 Å². The molecule has 1 N–H and O–H groups in total. The van der Waals surface area contributed by atoms with Crippen LogP contribution in [0.5, 0.6) is 17.5 Å². The van der Waals surface area contributed by atoms with Crippen LogP contribution in [-0.2, 0) is 0 Å². The Morgan fingerprint density at radius 1 is 1.09 bits per heavy atom. The van der Waals surface area contributed by atoms with Crippen molar-refractivity contribution in [3.63, 3.8) is 0 Å². The molecule has 0 aliphatic carbocycles. The van der Waals surface area contributed by atoms with Gasteiger partial charge in [0.25, 0.3) is 5.91 Å². The fourth-order valence-corrected chi connectivity index (χ4v) is 3.92. The number of anilines is 1. The molecular formula is C26H23BrN4O4. The van der Waals surface area contributed by atoms with Crippen LogP contribution in [0.25, 0.3) is 17.1 Å². The van der Waals surface area contributed by atoms with E-state index in [9.17, 15) is 4.79 Å². The van der Waals surface area contributed by atoms with Crippen LogP contribution in [0.4, 0.5) is 5.69 Å². The standard InChI is InChI=1S/C26H23BrN4O4/c1-16(2)14-33-26-29-24(17-6-11-22-23(13-17)35-15-34-22)31(30-26)21-9-7-20(8-10-21)28-25(32)18-4-3-5-19(27)12-18/h3-13,16H,14-15H2,1-2H3,(H,28,32). The molecule has 2 heterocycles. The summed E-state index contributed by atoms with van der Waals surface area (Å²) in [4.78, 5) is 17.2. The van der Waals surface area contributed by atoms with Gasteiger partial charge in [-0.1, -0.05) is 35.8 Å². The van der Waals surface area contributed by atoms with Crippen molar-refractivity contribution in [2.75, 3.05) is 18.7 Å². The van der Waals surface area contributed by atoms with E-state index in [2.05, 4.69) is 45.2 Å². The second kappa shape index (κ2) is 9.79. The van der Waals surface area contributed by atoms with Gasteiger partial charge in [-0.05, 0) is 66.6 Å². The summed E-state index contributed by atoms with van der Waals surface area (Å²) in [6.07, 6.45) is 0. The number of carbonyl (C=O) groups excluding carboxylic acids is 1. The zero-order valence-corrected chi connectivity index (χ0v) is 20.8. The summed E-state index contributed by atoms with van der Waals surface area (Å²) in [5, 5.41) is 7.51. The van der Waals surface area contributed by atoms with E-state index >= 15 is 0 Å². The lowest BCUT2D eigenvalue weighted by atomic mass is 10.2. The Bertz CT molecular complexity index is 1370. The van der Waals surface area contributed by atoms with Crippen molar-refractivity contribution in [3.05, 3.63) is 76.8 Å². The topological polar surface area (TPSA) is 87.5 Å². The first-order valence-corrected chi connectivity index (χ1v) is 11.9. The molecule has 1 aliphatic heterocycles. The third-order valence-corrected chi connectivity index (χ3v) is 5.71. The van der Waals surface area contributed by atoms with E-state index in [4.69, 9.17) is 14.2 Å². The summed E-state index contributed by atoms with van der Waals surface area (Å²) in [5.74, 6) is 2.11. The van der Waals surface area contributed by atoms with Crippen LogP contribution in [0.3, 0.4) is 0 Å². The zero-order valence-electron chi connectivity index (χ0n) is 19.2. The smallest absolute Gasteiger partial charge is 0.336 e. The number of halogens is 1. The largest absolute Gasteiger partial charge is 0.462 e. The molecule has 0 spiro atoms. The Balaban J connectivity index is 1.43. The number of hydrogen-bond acceptors (Lipinski definition) is 6. The average Bonchev–Trinajstić information content (AvgIpc) is 3.50. The van der Waals surface area contributed by atoms with E-state index < -0.39 is 0 Å². The van der Waals surface area contributed by atoms with Gasteiger partial charge in [0.05, 0.1) is 12.3 Å². The predicted molar refractivity (Wildman–Crippen MR) is 135 cm³/mol. The van der Waals surface area contributed by atoms with Crippen molar-refractivity contribution in [1.29, 1.82) is 0 Å². The number of rotatable bonds is 7. The Morgan fingerprint density at radius 2 is 1.89 bits per heavy atom. The number of fused-ring (bicyclic) bond motifs is 1. The van der Waals surface area contributed by atoms with Gasteiger partial charge in [-0.2, -0.15) is 4.98 Å². The number of benzene rings is 3. The van der Waals surface area contributed by atoms with Gasteiger partial charge < -0.3 is 19.5 Å². The molecule has 9 heteroatoms. The Morgan fingerprint density at radius 3 is 2.66 bits per heavy atom. The minimum absolute atomic E-state index is 0.190. The molecular weight excluding hydrogens is 512 g/mol.